The summed E-state index contributed by atoms with van der Waals surface area (Å²) in [5, 5.41) is 1.97. The van der Waals surface area contributed by atoms with E-state index in [0.717, 1.165) is 22.2 Å². The van der Waals surface area contributed by atoms with Crippen LogP contribution in [0.25, 0.3) is 10.9 Å². The van der Waals surface area contributed by atoms with Crippen LogP contribution in [0.1, 0.15) is 11.3 Å². The summed E-state index contributed by atoms with van der Waals surface area (Å²) in [6, 6.07) is 11.1. The lowest BCUT2D eigenvalue weighted by Gasteiger charge is -2.10. The number of methoxy groups -OCH3 is 1. The van der Waals surface area contributed by atoms with Crippen molar-refractivity contribution in [1.29, 1.82) is 0 Å². The molecule has 2 aromatic carbocycles. The van der Waals surface area contributed by atoms with Crippen LogP contribution >= 0.6 is 23.2 Å². The number of hydrogen-bond donors (Lipinski definition) is 1. The van der Waals surface area contributed by atoms with Crippen LogP contribution in [-0.4, -0.2) is 17.1 Å². The van der Waals surface area contributed by atoms with Gasteiger partial charge in [-0.2, -0.15) is 0 Å². The molecule has 1 heterocycles. The van der Waals surface area contributed by atoms with Gasteiger partial charge in [-0.05, 0) is 29.8 Å². The van der Waals surface area contributed by atoms with Crippen LogP contribution in [0.5, 0.6) is 5.75 Å². The summed E-state index contributed by atoms with van der Waals surface area (Å²) >= 11 is 12.5. The van der Waals surface area contributed by atoms with Gasteiger partial charge >= 0.3 is 0 Å². The van der Waals surface area contributed by atoms with Gasteiger partial charge in [-0.3, -0.25) is 0 Å². The van der Waals surface area contributed by atoms with Crippen molar-refractivity contribution < 1.29 is 4.74 Å². The quantitative estimate of drug-likeness (QED) is 0.783. The first-order valence-corrected chi connectivity index (χ1v) is 7.37. The SMILES string of the molecule is COc1ccc(Cc2nc(N)nc3cccc(Cl)c23)cc1Cl. The molecule has 6 heteroatoms. The molecule has 2 N–H and O–H groups in total. The summed E-state index contributed by atoms with van der Waals surface area (Å²) in [7, 11) is 1.58. The van der Waals surface area contributed by atoms with Crippen molar-refractivity contribution in [2.45, 2.75) is 6.42 Å². The molecule has 0 aliphatic rings. The fraction of sp³-hybridized carbons (Fsp3) is 0.125. The number of hydrogen-bond acceptors (Lipinski definition) is 4. The summed E-state index contributed by atoms with van der Waals surface area (Å²) in [4.78, 5) is 8.56. The van der Waals surface area contributed by atoms with Gasteiger partial charge in [0.2, 0.25) is 5.95 Å². The van der Waals surface area contributed by atoms with Crippen LogP contribution in [0.4, 0.5) is 5.95 Å². The van der Waals surface area contributed by atoms with Crippen LogP contribution < -0.4 is 10.5 Å². The Bertz CT molecular complexity index is 852. The van der Waals surface area contributed by atoms with E-state index in [1.165, 1.54) is 0 Å². The summed E-state index contributed by atoms with van der Waals surface area (Å²) < 4.78 is 5.16. The molecule has 0 spiro atoms. The molecule has 0 saturated heterocycles. The lowest BCUT2D eigenvalue weighted by Crippen LogP contribution is -2.02. The van der Waals surface area contributed by atoms with E-state index in [-0.39, 0.29) is 5.95 Å². The van der Waals surface area contributed by atoms with Gasteiger partial charge in [-0.25, -0.2) is 9.97 Å². The largest absolute Gasteiger partial charge is 0.495 e. The van der Waals surface area contributed by atoms with Crippen LogP contribution in [0.15, 0.2) is 36.4 Å². The third kappa shape index (κ3) is 2.80. The highest BCUT2D eigenvalue weighted by Gasteiger charge is 2.11. The Labute approximate surface area is 137 Å². The van der Waals surface area contributed by atoms with Crippen molar-refractivity contribution in [3.05, 3.63) is 57.7 Å². The Morgan fingerprint density at radius 2 is 1.91 bits per heavy atom. The maximum atomic E-state index is 6.29. The molecule has 3 aromatic rings. The molecule has 4 nitrogen and oxygen atoms in total. The van der Waals surface area contributed by atoms with Crippen molar-refractivity contribution >= 4 is 40.1 Å². The summed E-state index contributed by atoms with van der Waals surface area (Å²) in [6.45, 7) is 0. The fourth-order valence-corrected chi connectivity index (χ4v) is 2.93. The highest BCUT2D eigenvalue weighted by Crippen LogP contribution is 2.29. The van der Waals surface area contributed by atoms with Crippen molar-refractivity contribution in [3.8, 4) is 5.75 Å². The number of anilines is 1. The van der Waals surface area contributed by atoms with Gasteiger partial charge in [-0.1, -0.05) is 35.3 Å². The first-order valence-electron chi connectivity index (χ1n) is 6.61. The number of nitrogens with zero attached hydrogens (tertiary/aromatic N) is 2. The average Bonchev–Trinajstić information content (AvgIpc) is 2.47. The molecule has 0 saturated carbocycles. The molecule has 0 amide bonds. The summed E-state index contributed by atoms with van der Waals surface area (Å²) in [5.41, 5.74) is 8.29. The molecule has 1 aromatic heterocycles. The molecular weight excluding hydrogens is 321 g/mol. The molecule has 0 unspecified atom stereocenters. The first-order chi connectivity index (χ1) is 10.6. The molecule has 22 heavy (non-hydrogen) atoms. The minimum Gasteiger partial charge on any atom is -0.495 e. The third-order valence-corrected chi connectivity index (χ3v) is 3.96. The number of rotatable bonds is 3. The third-order valence-electron chi connectivity index (χ3n) is 3.35. The fourth-order valence-electron chi connectivity index (χ4n) is 2.38. The average molecular weight is 334 g/mol. The standard InChI is InChI=1S/C16H13Cl2N3O/c1-22-14-6-5-9(7-11(14)18)8-13-15-10(17)3-2-4-12(15)20-16(19)21-13/h2-7H,8H2,1H3,(H2,19,20,21). The second-order valence-corrected chi connectivity index (χ2v) is 5.62. The molecule has 3 rings (SSSR count). The molecule has 0 atom stereocenters. The van der Waals surface area contributed by atoms with Crippen LogP contribution in [0, 0.1) is 0 Å². The predicted molar refractivity (Wildman–Crippen MR) is 89.8 cm³/mol. The molecular formula is C16H13Cl2N3O. The van der Waals surface area contributed by atoms with E-state index < -0.39 is 0 Å². The number of fused-ring (bicyclic) bond motifs is 1. The minimum atomic E-state index is 0.226. The van der Waals surface area contributed by atoms with E-state index in [9.17, 15) is 0 Å². The molecule has 0 fully saturated rings. The minimum absolute atomic E-state index is 0.226. The number of halogens is 2. The van der Waals surface area contributed by atoms with Gasteiger partial charge in [-0.15, -0.1) is 0 Å². The maximum absolute atomic E-state index is 6.29. The van der Waals surface area contributed by atoms with Crippen molar-refractivity contribution in [2.24, 2.45) is 0 Å². The van der Waals surface area contributed by atoms with E-state index in [0.29, 0.717) is 22.2 Å². The van der Waals surface area contributed by atoms with E-state index in [1.807, 2.05) is 36.4 Å². The Kier molecular flexibility index (Phi) is 4.05. The van der Waals surface area contributed by atoms with Crippen LogP contribution in [0.3, 0.4) is 0 Å². The van der Waals surface area contributed by atoms with Gasteiger partial charge in [0.15, 0.2) is 0 Å². The Hall–Kier alpha value is -2.04. The zero-order chi connectivity index (χ0) is 15.7. The lowest BCUT2D eigenvalue weighted by molar-refractivity contribution is 0.415. The normalized spacial score (nSPS) is 10.9. The Morgan fingerprint density at radius 3 is 2.64 bits per heavy atom. The molecule has 0 bridgehead atoms. The highest BCUT2D eigenvalue weighted by atomic mass is 35.5. The van der Waals surface area contributed by atoms with Crippen molar-refractivity contribution in [3.63, 3.8) is 0 Å². The topological polar surface area (TPSA) is 61.0 Å². The monoisotopic (exact) mass is 333 g/mol. The van der Waals surface area contributed by atoms with E-state index in [4.69, 9.17) is 33.7 Å². The van der Waals surface area contributed by atoms with Gasteiger partial charge in [0.05, 0.1) is 28.4 Å². The predicted octanol–water partition coefficient (Wildman–Crippen LogP) is 4.12. The van der Waals surface area contributed by atoms with E-state index in [2.05, 4.69) is 9.97 Å². The zero-order valence-corrected chi connectivity index (χ0v) is 13.3. The van der Waals surface area contributed by atoms with E-state index in [1.54, 1.807) is 7.11 Å². The van der Waals surface area contributed by atoms with Crippen LogP contribution in [0.2, 0.25) is 10.0 Å². The second kappa shape index (κ2) is 5.99. The lowest BCUT2D eigenvalue weighted by atomic mass is 10.1. The Morgan fingerprint density at radius 1 is 1.09 bits per heavy atom. The highest BCUT2D eigenvalue weighted by molar-refractivity contribution is 6.35. The number of aromatic nitrogens is 2. The maximum Gasteiger partial charge on any atom is 0.220 e. The number of nitrogens with two attached hydrogens (primary N) is 1. The molecule has 0 aliphatic heterocycles. The van der Waals surface area contributed by atoms with Gasteiger partial charge in [0.25, 0.3) is 0 Å². The second-order valence-electron chi connectivity index (χ2n) is 4.81. The van der Waals surface area contributed by atoms with Crippen LogP contribution in [-0.2, 0) is 6.42 Å². The molecule has 0 aliphatic carbocycles. The van der Waals surface area contributed by atoms with Crippen molar-refractivity contribution in [1.82, 2.24) is 9.97 Å². The Balaban J connectivity index is 2.09. The van der Waals surface area contributed by atoms with Gasteiger partial charge in [0, 0.05) is 11.8 Å². The first kappa shape index (κ1) is 14.9. The van der Waals surface area contributed by atoms with Crippen molar-refractivity contribution in [2.75, 3.05) is 12.8 Å². The zero-order valence-electron chi connectivity index (χ0n) is 11.8. The summed E-state index contributed by atoms with van der Waals surface area (Å²) in [6.07, 6.45) is 0.552. The molecule has 112 valence electrons. The van der Waals surface area contributed by atoms with Gasteiger partial charge in [0.1, 0.15) is 5.75 Å². The van der Waals surface area contributed by atoms with E-state index >= 15 is 0 Å². The van der Waals surface area contributed by atoms with Gasteiger partial charge < -0.3 is 10.5 Å². The number of nitrogen functional groups attached to an aromatic ring is 1. The smallest absolute Gasteiger partial charge is 0.220 e. The summed E-state index contributed by atoms with van der Waals surface area (Å²) in [5.74, 6) is 0.861. The number of ether oxygens (including phenoxy) is 1. The molecule has 0 radical (unpaired) electrons. The number of benzene rings is 2.